The van der Waals surface area contributed by atoms with Crippen LogP contribution in [0.1, 0.15) is 24.9 Å². The molecule has 0 aliphatic heterocycles. The zero-order valence-corrected chi connectivity index (χ0v) is 11.4. The van der Waals surface area contributed by atoms with E-state index in [1.165, 1.54) is 12.1 Å². The van der Waals surface area contributed by atoms with Crippen LogP contribution in [0.3, 0.4) is 0 Å². The highest BCUT2D eigenvalue weighted by molar-refractivity contribution is 5.77. The van der Waals surface area contributed by atoms with Gasteiger partial charge in [0.05, 0.1) is 6.54 Å². The number of halogens is 1. The van der Waals surface area contributed by atoms with Crippen molar-refractivity contribution in [3.8, 4) is 0 Å². The maximum atomic E-state index is 13.0. The average molecular weight is 268 g/mol. The number of hydrogen-bond acceptors (Lipinski definition) is 3. The van der Waals surface area contributed by atoms with E-state index in [1.54, 1.807) is 13.2 Å². The van der Waals surface area contributed by atoms with Gasteiger partial charge >= 0.3 is 0 Å². The van der Waals surface area contributed by atoms with Crippen molar-refractivity contribution in [2.45, 2.75) is 19.4 Å². The van der Waals surface area contributed by atoms with Crippen molar-refractivity contribution >= 4 is 5.91 Å². The van der Waals surface area contributed by atoms with Gasteiger partial charge in [0.25, 0.3) is 0 Å². The molecule has 0 bridgehead atoms. The molecule has 0 fully saturated rings. The minimum Gasteiger partial charge on any atom is -0.385 e. The first kappa shape index (κ1) is 15.6. The fourth-order valence-corrected chi connectivity index (χ4v) is 1.65. The monoisotopic (exact) mass is 268 g/mol. The lowest BCUT2D eigenvalue weighted by atomic mass is 10.1. The van der Waals surface area contributed by atoms with Crippen LogP contribution in [0.15, 0.2) is 24.3 Å². The van der Waals surface area contributed by atoms with Crippen molar-refractivity contribution in [2.75, 3.05) is 26.8 Å². The van der Waals surface area contributed by atoms with Crippen LogP contribution in [0.5, 0.6) is 0 Å². The summed E-state index contributed by atoms with van der Waals surface area (Å²) >= 11 is 0. The Hall–Kier alpha value is -1.46. The molecule has 0 aliphatic rings. The smallest absolute Gasteiger partial charge is 0.233 e. The normalized spacial score (nSPS) is 12.2. The standard InChI is InChI=1S/C14H21FN2O2/c1-11(12-5-3-6-13(15)9-12)17-10-14(18)16-7-4-8-19-2/h3,5-6,9,11,17H,4,7-8,10H2,1-2H3,(H,16,18). The van der Waals surface area contributed by atoms with E-state index in [-0.39, 0.29) is 24.3 Å². The van der Waals surface area contributed by atoms with Crippen molar-refractivity contribution in [1.29, 1.82) is 0 Å². The molecule has 0 aliphatic carbocycles. The molecular formula is C14H21FN2O2. The highest BCUT2D eigenvalue weighted by atomic mass is 19.1. The zero-order chi connectivity index (χ0) is 14.1. The van der Waals surface area contributed by atoms with Crippen molar-refractivity contribution in [3.63, 3.8) is 0 Å². The van der Waals surface area contributed by atoms with Crippen LogP contribution in [0.2, 0.25) is 0 Å². The molecule has 4 nitrogen and oxygen atoms in total. The number of benzene rings is 1. The molecule has 1 aromatic rings. The zero-order valence-electron chi connectivity index (χ0n) is 11.4. The second kappa shape index (κ2) is 8.61. The quantitative estimate of drug-likeness (QED) is 0.705. The second-order valence-corrected chi connectivity index (χ2v) is 4.35. The first-order valence-corrected chi connectivity index (χ1v) is 6.38. The van der Waals surface area contributed by atoms with E-state index < -0.39 is 0 Å². The van der Waals surface area contributed by atoms with Gasteiger partial charge in [0, 0.05) is 26.3 Å². The van der Waals surface area contributed by atoms with Crippen molar-refractivity contribution in [1.82, 2.24) is 10.6 Å². The van der Waals surface area contributed by atoms with E-state index in [9.17, 15) is 9.18 Å². The molecule has 0 aromatic heterocycles. The Morgan fingerprint density at radius 3 is 2.95 bits per heavy atom. The molecule has 0 radical (unpaired) electrons. The summed E-state index contributed by atoms with van der Waals surface area (Å²) in [5, 5.41) is 5.84. The summed E-state index contributed by atoms with van der Waals surface area (Å²) in [6, 6.07) is 6.29. The van der Waals surface area contributed by atoms with Gasteiger partial charge in [-0.05, 0) is 31.0 Å². The van der Waals surface area contributed by atoms with Crippen molar-refractivity contribution in [2.24, 2.45) is 0 Å². The van der Waals surface area contributed by atoms with Gasteiger partial charge in [0.1, 0.15) is 5.82 Å². The van der Waals surface area contributed by atoms with E-state index >= 15 is 0 Å². The molecule has 1 aromatic carbocycles. The molecule has 2 N–H and O–H groups in total. The van der Waals surface area contributed by atoms with Gasteiger partial charge in [-0.1, -0.05) is 12.1 Å². The number of carbonyl (C=O) groups excluding carboxylic acids is 1. The molecule has 1 atom stereocenters. The minimum atomic E-state index is -0.268. The topological polar surface area (TPSA) is 50.4 Å². The number of methoxy groups -OCH3 is 1. The number of rotatable bonds is 8. The predicted octanol–water partition coefficient (Wildman–Crippen LogP) is 1.63. The third kappa shape index (κ3) is 6.31. The molecule has 0 saturated heterocycles. The van der Waals surface area contributed by atoms with Gasteiger partial charge in [-0.15, -0.1) is 0 Å². The van der Waals surface area contributed by atoms with Crippen LogP contribution in [0, 0.1) is 5.82 Å². The van der Waals surface area contributed by atoms with Gasteiger partial charge < -0.3 is 15.4 Å². The van der Waals surface area contributed by atoms with Gasteiger partial charge in [0.2, 0.25) is 5.91 Å². The summed E-state index contributed by atoms with van der Waals surface area (Å²) in [5.41, 5.74) is 0.826. The first-order chi connectivity index (χ1) is 9.13. The minimum absolute atomic E-state index is 0.0691. The Balaban J connectivity index is 2.26. The number of nitrogens with one attached hydrogen (secondary N) is 2. The Kier molecular flexibility index (Phi) is 7.07. The third-order valence-corrected chi connectivity index (χ3v) is 2.76. The molecule has 106 valence electrons. The van der Waals surface area contributed by atoms with Crippen molar-refractivity contribution < 1.29 is 13.9 Å². The number of amides is 1. The maximum Gasteiger partial charge on any atom is 0.233 e. The Morgan fingerprint density at radius 1 is 1.47 bits per heavy atom. The average Bonchev–Trinajstić information content (AvgIpc) is 2.41. The number of carbonyl (C=O) groups is 1. The SMILES string of the molecule is COCCCNC(=O)CNC(C)c1cccc(F)c1. The fraction of sp³-hybridized carbons (Fsp3) is 0.500. The molecule has 0 saturated carbocycles. The lowest BCUT2D eigenvalue weighted by Gasteiger charge is -2.14. The van der Waals surface area contributed by atoms with Crippen LogP contribution in [-0.4, -0.2) is 32.7 Å². The second-order valence-electron chi connectivity index (χ2n) is 4.35. The fourth-order valence-electron chi connectivity index (χ4n) is 1.65. The van der Waals surface area contributed by atoms with E-state index in [2.05, 4.69) is 10.6 Å². The summed E-state index contributed by atoms with van der Waals surface area (Å²) in [6.45, 7) is 3.34. The Bertz CT molecular complexity index is 399. The third-order valence-electron chi connectivity index (χ3n) is 2.76. The van der Waals surface area contributed by atoms with Crippen LogP contribution in [0.25, 0.3) is 0 Å². The lowest BCUT2D eigenvalue weighted by molar-refractivity contribution is -0.120. The maximum absolute atomic E-state index is 13.0. The van der Waals surface area contributed by atoms with Crippen LogP contribution < -0.4 is 10.6 Å². The van der Waals surface area contributed by atoms with E-state index in [1.807, 2.05) is 13.0 Å². The summed E-state index contributed by atoms with van der Waals surface area (Å²) in [6.07, 6.45) is 0.793. The molecule has 19 heavy (non-hydrogen) atoms. The largest absolute Gasteiger partial charge is 0.385 e. The van der Waals surface area contributed by atoms with Crippen molar-refractivity contribution in [3.05, 3.63) is 35.6 Å². The van der Waals surface area contributed by atoms with Crippen LogP contribution >= 0.6 is 0 Å². The van der Waals surface area contributed by atoms with Gasteiger partial charge in [-0.25, -0.2) is 4.39 Å². The molecule has 0 spiro atoms. The van der Waals surface area contributed by atoms with E-state index in [0.29, 0.717) is 13.2 Å². The number of hydrogen-bond donors (Lipinski definition) is 2. The summed E-state index contributed by atoms with van der Waals surface area (Å²) in [5.74, 6) is -0.338. The van der Waals surface area contributed by atoms with Crippen LogP contribution in [-0.2, 0) is 9.53 Å². The van der Waals surface area contributed by atoms with Crippen LogP contribution in [0.4, 0.5) is 4.39 Å². The summed E-state index contributed by atoms with van der Waals surface area (Å²) in [4.78, 5) is 11.5. The lowest BCUT2D eigenvalue weighted by Crippen LogP contribution is -2.35. The van der Waals surface area contributed by atoms with Gasteiger partial charge in [-0.2, -0.15) is 0 Å². The molecule has 5 heteroatoms. The number of ether oxygens (including phenoxy) is 1. The highest BCUT2D eigenvalue weighted by Crippen LogP contribution is 2.12. The predicted molar refractivity (Wildman–Crippen MR) is 72.3 cm³/mol. The molecule has 1 amide bonds. The molecular weight excluding hydrogens is 247 g/mol. The highest BCUT2D eigenvalue weighted by Gasteiger charge is 2.07. The van der Waals surface area contributed by atoms with Gasteiger partial charge in [-0.3, -0.25) is 4.79 Å². The van der Waals surface area contributed by atoms with E-state index in [0.717, 1.165) is 12.0 Å². The Morgan fingerprint density at radius 2 is 2.26 bits per heavy atom. The molecule has 1 unspecified atom stereocenters. The van der Waals surface area contributed by atoms with Gasteiger partial charge in [0.15, 0.2) is 0 Å². The summed E-state index contributed by atoms with van der Waals surface area (Å²) < 4.78 is 17.9. The molecule has 1 rings (SSSR count). The summed E-state index contributed by atoms with van der Waals surface area (Å²) in [7, 11) is 1.63. The Labute approximate surface area is 113 Å². The van der Waals surface area contributed by atoms with E-state index in [4.69, 9.17) is 4.74 Å². The molecule has 0 heterocycles. The first-order valence-electron chi connectivity index (χ1n) is 6.38.